The molecule has 0 spiro atoms. The molecule has 1 heterocycles. The van der Waals surface area contributed by atoms with Crippen LogP contribution in [-0.4, -0.2) is 22.6 Å². The van der Waals surface area contributed by atoms with E-state index in [4.69, 9.17) is 0 Å². The van der Waals surface area contributed by atoms with Gasteiger partial charge in [-0.15, -0.1) is 0 Å². The molecule has 1 fully saturated rings. The van der Waals surface area contributed by atoms with E-state index in [0.29, 0.717) is 18.3 Å². The lowest BCUT2D eigenvalue weighted by molar-refractivity contribution is 0.105. The molecule has 1 aliphatic rings. The lowest BCUT2D eigenvalue weighted by atomic mass is 9.63. The van der Waals surface area contributed by atoms with Gasteiger partial charge in [0.1, 0.15) is 0 Å². The van der Waals surface area contributed by atoms with Crippen LogP contribution in [0.1, 0.15) is 53.9 Å². The zero-order valence-corrected chi connectivity index (χ0v) is 13.8. The molecule has 0 amide bonds. The van der Waals surface area contributed by atoms with Gasteiger partial charge in [0, 0.05) is 12.6 Å². The molecule has 1 aromatic heterocycles. The SMILES string of the molecule is CCNc1ncc(F)c(NC2CC(C)(C)CC(C)(C)C2)n1. The van der Waals surface area contributed by atoms with E-state index in [-0.39, 0.29) is 16.9 Å². The van der Waals surface area contributed by atoms with Crippen molar-refractivity contribution in [2.24, 2.45) is 10.8 Å². The number of halogens is 1. The Morgan fingerprint density at radius 1 is 1.24 bits per heavy atom. The fourth-order valence-electron chi connectivity index (χ4n) is 3.85. The van der Waals surface area contributed by atoms with Gasteiger partial charge in [-0.05, 0) is 37.0 Å². The predicted molar refractivity (Wildman–Crippen MR) is 85.0 cm³/mol. The molecule has 0 bridgehead atoms. The van der Waals surface area contributed by atoms with Crippen LogP contribution in [0, 0.1) is 16.6 Å². The molecule has 1 aliphatic carbocycles. The normalized spacial score (nSPS) is 21.0. The van der Waals surface area contributed by atoms with Crippen molar-refractivity contribution in [1.29, 1.82) is 0 Å². The lowest BCUT2D eigenvalue weighted by Gasteiger charge is -2.45. The van der Waals surface area contributed by atoms with Crippen LogP contribution in [0.4, 0.5) is 16.2 Å². The van der Waals surface area contributed by atoms with Gasteiger partial charge in [0.2, 0.25) is 5.95 Å². The molecule has 1 aromatic rings. The fourth-order valence-corrected chi connectivity index (χ4v) is 3.85. The van der Waals surface area contributed by atoms with E-state index in [2.05, 4.69) is 48.3 Å². The van der Waals surface area contributed by atoms with Crippen LogP contribution in [0.15, 0.2) is 6.20 Å². The predicted octanol–water partition coefficient (Wildman–Crippen LogP) is 4.06. The number of hydrogen-bond donors (Lipinski definition) is 2. The molecule has 2 rings (SSSR count). The van der Waals surface area contributed by atoms with Crippen LogP contribution in [-0.2, 0) is 0 Å². The number of rotatable bonds is 4. The van der Waals surface area contributed by atoms with Crippen molar-refractivity contribution in [2.75, 3.05) is 17.2 Å². The highest BCUT2D eigenvalue weighted by Gasteiger charge is 2.38. The maximum Gasteiger partial charge on any atom is 0.224 e. The Balaban J connectivity index is 2.15. The first kappa shape index (κ1) is 16.0. The van der Waals surface area contributed by atoms with Crippen LogP contribution < -0.4 is 10.6 Å². The lowest BCUT2D eigenvalue weighted by Crippen LogP contribution is -2.40. The molecule has 2 N–H and O–H groups in total. The third-order valence-electron chi connectivity index (χ3n) is 3.97. The summed E-state index contributed by atoms with van der Waals surface area (Å²) in [4.78, 5) is 8.19. The van der Waals surface area contributed by atoms with Gasteiger partial charge in [-0.1, -0.05) is 27.7 Å². The Bertz CT molecular complexity index is 483. The van der Waals surface area contributed by atoms with Gasteiger partial charge >= 0.3 is 0 Å². The summed E-state index contributed by atoms with van der Waals surface area (Å²) in [6.07, 6.45) is 4.46. The topological polar surface area (TPSA) is 49.8 Å². The van der Waals surface area contributed by atoms with Crippen LogP contribution in [0.2, 0.25) is 0 Å². The molecular formula is C16H27FN4. The number of aromatic nitrogens is 2. The summed E-state index contributed by atoms with van der Waals surface area (Å²) in [7, 11) is 0. The molecule has 0 radical (unpaired) electrons. The molecule has 0 atom stereocenters. The van der Waals surface area contributed by atoms with E-state index in [9.17, 15) is 4.39 Å². The molecule has 1 saturated carbocycles. The molecule has 0 unspecified atom stereocenters. The van der Waals surface area contributed by atoms with Gasteiger partial charge in [-0.2, -0.15) is 4.98 Å². The quantitative estimate of drug-likeness (QED) is 0.879. The molecule has 118 valence electrons. The van der Waals surface area contributed by atoms with Gasteiger partial charge in [-0.3, -0.25) is 0 Å². The summed E-state index contributed by atoms with van der Waals surface area (Å²) >= 11 is 0. The number of anilines is 2. The first-order valence-electron chi connectivity index (χ1n) is 7.74. The Labute approximate surface area is 127 Å². The summed E-state index contributed by atoms with van der Waals surface area (Å²) in [5, 5.41) is 6.31. The van der Waals surface area contributed by atoms with E-state index >= 15 is 0 Å². The zero-order valence-electron chi connectivity index (χ0n) is 13.8. The van der Waals surface area contributed by atoms with E-state index in [1.165, 1.54) is 12.6 Å². The van der Waals surface area contributed by atoms with Crippen LogP contribution in [0.25, 0.3) is 0 Å². The zero-order chi connectivity index (χ0) is 15.7. The van der Waals surface area contributed by atoms with E-state index < -0.39 is 5.82 Å². The average Bonchev–Trinajstić information content (AvgIpc) is 2.29. The summed E-state index contributed by atoms with van der Waals surface area (Å²) < 4.78 is 13.9. The highest BCUT2D eigenvalue weighted by Crippen LogP contribution is 2.46. The van der Waals surface area contributed by atoms with Gasteiger partial charge < -0.3 is 10.6 Å². The van der Waals surface area contributed by atoms with Crippen molar-refractivity contribution in [3.05, 3.63) is 12.0 Å². The second kappa shape index (κ2) is 5.78. The smallest absolute Gasteiger partial charge is 0.224 e. The van der Waals surface area contributed by atoms with Gasteiger partial charge in [0.15, 0.2) is 11.6 Å². The van der Waals surface area contributed by atoms with Gasteiger partial charge in [0.05, 0.1) is 6.20 Å². The van der Waals surface area contributed by atoms with Crippen LogP contribution >= 0.6 is 0 Å². The first-order chi connectivity index (χ1) is 9.71. The number of nitrogens with zero attached hydrogens (tertiary/aromatic N) is 2. The van der Waals surface area contributed by atoms with Crippen LogP contribution in [0.3, 0.4) is 0 Å². The molecule has 0 saturated heterocycles. The second-order valence-corrected chi connectivity index (χ2v) is 7.68. The van der Waals surface area contributed by atoms with E-state index in [1.807, 2.05) is 6.92 Å². The van der Waals surface area contributed by atoms with Crippen molar-refractivity contribution in [1.82, 2.24) is 9.97 Å². The van der Waals surface area contributed by atoms with Crippen molar-refractivity contribution >= 4 is 11.8 Å². The summed E-state index contributed by atoms with van der Waals surface area (Å²) in [6, 6.07) is 0.239. The molecule has 21 heavy (non-hydrogen) atoms. The van der Waals surface area contributed by atoms with Crippen molar-refractivity contribution in [3.8, 4) is 0 Å². The number of hydrogen-bond acceptors (Lipinski definition) is 4. The monoisotopic (exact) mass is 294 g/mol. The van der Waals surface area contributed by atoms with Gasteiger partial charge in [-0.25, -0.2) is 9.37 Å². The molecule has 0 aliphatic heterocycles. The standard InChI is InChI=1S/C16H27FN4/c1-6-18-14-19-9-12(17)13(21-14)20-11-7-15(2,3)10-16(4,5)8-11/h9,11H,6-8,10H2,1-5H3,(H2,18,19,20,21). The van der Waals surface area contributed by atoms with Crippen molar-refractivity contribution < 1.29 is 4.39 Å². The summed E-state index contributed by atoms with van der Waals surface area (Å²) in [5.41, 5.74) is 0.515. The minimum absolute atomic E-state index is 0.239. The van der Waals surface area contributed by atoms with E-state index in [0.717, 1.165) is 12.8 Å². The minimum Gasteiger partial charge on any atom is -0.365 e. The Morgan fingerprint density at radius 2 is 1.86 bits per heavy atom. The maximum atomic E-state index is 13.9. The molecule has 0 aromatic carbocycles. The van der Waals surface area contributed by atoms with E-state index in [1.54, 1.807) is 0 Å². The van der Waals surface area contributed by atoms with Crippen LogP contribution in [0.5, 0.6) is 0 Å². The molecule has 4 nitrogen and oxygen atoms in total. The fraction of sp³-hybridized carbons (Fsp3) is 0.750. The Morgan fingerprint density at radius 3 is 2.43 bits per heavy atom. The maximum absolute atomic E-state index is 13.9. The second-order valence-electron chi connectivity index (χ2n) is 7.68. The first-order valence-corrected chi connectivity index (χ1v) is 7.74. The van der Waals surface area contributed by atoms with Gasteiger partial charge in [0.25, 0.3) is 0 Å². The third kappa shape index (κ3) is 4.29. The highest BCUT2D eigenvalue weighted by atomic mass is 19.1. The molecular weight excluding hydrogens is 267 g/mol. The summed E-state index contributed by atoms with van der Waals surface area (Å²) in [6.45, 7) is 11.8. The highest BCUT2D eigenvalue weighted by molar-refractivity contribution is 5.42. The molecule has 5 heteroatoms. The Hall–Kier alpha value is -1.39. The van der Waals surface area contributed by atoms with Crippen molar-refractivity contribution in [2.45, 2.75) is 59.9 Å². The average molecular weight is 294 g/mol. The largest absolute Gasteiger partial charge is 0.365 e. The third-order valence-corrected chi connectivity index (χ3v) is 3.97. The minimum atomic E-state index is -0.391. The Kier molecular flexibility index (Phi) is 4.40. The summed E-state index contributed by atoms with van der Waals surface area (Å²) in [5.74, 6) is 0.382. The van der Waals surface area contributed by atoms with Crippen molar-refractivity contribution in [3.63, 3.8) is 0 Å². The number of nitrogens with one attached hydrogen (secondary N) is 2.